The minimum Gasteiger partial charge on any atom is -0.493 e. The molecule has 0 unspecified atom stereocenters. The molecule has 0 aromatic heterocycles. The molecular weight excluding hydrogens is 492 g/mol. The van der Waals surface area contributed by atoms with Gasteiger partial charge in [0, 0.05) is 16.8 Å². The van der Waals surface area contributed by atoms with Gasteiger partial charge in [0.05, 0.1) is 31.4 Å². The van der Waals surface area contributed by atoms with E-state index < -0.39 is 0 Å². The minimum atomic E-state index is -0.0828. The number of amides is 1. The van der Waals surface area contributed by atoms with E-state index in [0.717, 1.165) is 59.4 Å². The fourth-order valence-corrected chi connectivity index (χ4v) is 5.61. The summed E-state index contributed by atoms with van der Waals surface area (Å²) in [6, 6.07) is 14.4. The van der Waals surface area contributed by atoms with Gasteiger partial charge in [0.25, 0.3) is 0 Å². The molecular formula is C28H31BrN2O3. The fraction of sp³-hybridized carbons (Fsp3) is 0.429. The lowest BCUT2D eigenvalue weighted by Crippen LogP contribution is -2.45. The first-order chi connectivity index (χ1) is 16.7. The minimum absolute atomic E-state index is 0.0808. The van der Waals surface area contributed by atoms with Crippen LogP contribution in [0.4, 0.5) is 0 Å². The third kappa shape index (κ3) is 4.78. The molecule has 34 heavy (non-hydrogen) atoms. The number of ether oxygens (including phenoxy) is 2. The third-order valence-electron chi connectivity index (χ3n) is 7.15. The molecule has 1 saturated carbocycles. The highest BCUT2D eigenvalue weighted by atomic mass is 79.9. The van der Waals surface area contributed by atoms with Crippen molar-refractivity contribution >= 4 is 27.5 Å². The number of hydrogen-bond acceptors (Lipinski definition) is 4. The van der Waals surface area contributed by atoms with Crippen molar-refractivity contribution in [3.05, 3.63) is 71.3 Å². The van der Waals surface area contributed by atoms with Gasteiger partial charge in [-0.25, -0.2) is 5.01 Å². The van der Waals surface area contributed by atoms with Gasteiger partial charge < -0.3 is 9.47 Å². The molecule has 1 aliphatic heterocycles. The zero-order chi connectivity index (χ0) is 23.5. The van der Waals surface area contributed by atoms with Crippen LogP contribution in [0.2, 0.25) is 0 Å². The van der Waals surface area contributed by atoms with E-state index in [1.807, 2.05) is 12.1 Å². The molecule has 178 valence electrons. The number of carbonyl (C=O) groups is 1. The molecule has 0 radical (unpaired) electrons. The number of allylic oxidation sites excluding steroid dienone is 2. The monoisotopic (exact) mass is 522 g/mol. The van der Waals surface area contributed by atoms with Crippen LogP contribution < -0.4 is 9.47 Å². The summed E-state index contributed by atoms with van der Waals surface area (Å²) in [5.41, 5.74) is 4.26. The van der Waals surface area contributed by atoms with Crippen molar-refractivity contribution in [2.45, 2.75) is 56.5 Å². The number of methoxy groups -OCH3 is 1. The van der Waals surface area contributed by atoms with Gasteiger partial charge in [-0.2, -0.15) is 5.10 Å². The van der Waals surface area contributed by atoms with E-state index in [0.29, 0.717) is 6.54 Å². The van der Waals surface area contributed by atoms with E-state index in [2.05, 4.69) is 58.4 Å². The Balaban J connectivity index is 1.48. The Morgan fingerprint density at radius 3 is 2.38 bits per heavy atom. The number of halogens is 1. The van der Waals surface area contributed by atoms with Crippen LogP contribution in [0.5, 0.6) is 11.5 Å². The molecule has 2 atom stereocenters. The number of fused-ring (bicyclic) bond motifs is 1. The van der Waals surface area contributed by atoms with Crippen LogP contribution in [-0.4, -0.2) is 29.8 Å². The molecule has 2 aromatic carbocycles. The standard InChI is InChI=1S/C28H31BrN2O3/c1-33-25-15-14-21(16-26(25)34-22-6-2-3-7-22)27-23-8-4-5-9-24(23)28(32)31(30-27)18-20-12-10-19(17-29)11-13-20/h4-5,10-16,22-24H,2-3,6-9,17-18H2,1H3/t23-,24+/m0/s1. The average molecular weight is 523 g/mol. The van der Waals surface area contributed by atoms with Gasteiger partial charge in [-0.05, 0) is 67.9 Å². The second-order valence-corrected chi connectivity index (χ2v) is 9.94. The van der Waals surface area contributed by atoms with E-state index in [1.165, 1.54) is 18.4 Å². The Morgan fingerprint density at radius 1 is 0.971 bits per heavy atom. The van der Waals surface area contributed by atoms with E-state index in [1.54, 1.807) is 12.1 Å². The summed E-state index contributed by atoms with van der Waals surface area (Å²) in [7, 11) is 1.68. The predicted octanol–water partition coefficient (Wildman–Crippen LogP) is 6.24. The van der Waals surface area contributed by atoms with Gasteiger partial charge >= 0.3 is 0 Å². The molecule has 0 N–H and O–H groups in total. The van der Waals surface area contributed by atoms with Gasteiger partial charge in [0.1, 0.15) is 0 Å². The summed E-state index contributed by atoms with van der Waals surface area (Å²) in [5.74, 6) is 1.62. The van der Waals surface area contributed by atoms with Gasteiger partial charge in [0.15, 0.2) is 11.5 Å². The molecule has 2 aliphatic carbocycles. The zero-order valence-electron chi connectivity index (χ0n) is 19.6. The largest absolute Gasteiger partial charge is 0.493 e. The number of nitrogens with zero attached hydrogens (tertiary/aromatic N) is 2. The van der Waals surface area contributed by atoms with Crippen LogP contribution in [0.25, 0.3) is 0 Å². The summed E-state index contributed by atoms with van der Waals surface area (Å²) in [6.07, 6.45) is 10.7. The maximum absolute atomic E-state index is 13.4. The maximum atomic E-state index is 13.4. The lowest BCUT2D eigenvalue weighted by molar-refractivity contribution is -0.138. The molecule has 2 aromatic rings. The predicted molar refractivity (Wildman–Crippen MR) is 137 cm³/mol. The van der Waals surface area contributed by atoms with Gasteiger partial charge in [-0.3, -0.25) is 4.79 Å². The molecule has 0 saturated heterocycles. The second-order valence-electron chi connectivity index (χ2n) is 9.38. The molecule has 5 rings (SSSR count). The zero-order valence-corrected chi connectivity index (χ0v) is 21.2. The van der Waals surface area contributed by atoms with Crippen molar-refractivity contribution in [1.29, 1.82) is 0 Å². The molecule has 5 nitrogen and oxygen atoms in total. The van der Waals surface area contributed by atoms with Crippen LogP contribution >= 0.6 is 15.9 Å². The fourth-order valence-electron chi connectivity index (χ4n) is 5.24. The molecule has 1 amide bonds. The Kier molecular flexibility index (Phi) is 7.05. The quantitative estimate of drug-likeness (QED) is 0.319. The van der Waals surface area contributed by atoms with Crippen molar-refractivity contribution in [3.63, 3.8) is 0 Å². The average Bonchev–Trinajstić information content (AvgIpc) is 3.39. The summed E-state index contributed by atoms with van der Waals surface area (Å²) in [5, 5.41) is 7.43. The second kappa shape index (κ2) is 10.3. The van der Waals surface area contributed by atoms with E-state index in [-0.39, 0.29) is 23.8 Å². The Bertz CT molecular complexity index is 1090. The van der Waals surface area contributed by atoms with Crippen molar-refractivity contribution in [3.8, 4) is 11.5 Å². The molecule has 1 heterocycles. The highest BCUT2D eigenvalue weighted by Crippen LogP contribution is 2.38. The van der Waals surface area contributed by atoms with Crippen molar-refractivity contribution in [1.82, 2.24) is 5.01 Å². The van der Waals surface area contributed by atoms with E-state index in [9.17, 15) is 4.79 Å². The van der Waals surface area contributed by atoms with Gasteiger partial charge in [-0.15, -0.1) is 0 Å². The normalized spacial score (nSPS) is 22.5. The summed E-state index contributed by atoms with van der Waals surface area (Å²) in [6.45, 7) is 0.472. The number of alkyl halides is 1. The Hall–Kier alpha value is -2.60. The number of hydrazone groups is 1. The first kappa shape index (κ1) is 23.2. The lowest BCUT2D eigenvalue weighted by atomic mass is 9.76. The van der Waals surface area contributed by atoms with Crippen molar-refractivity contribution in [2.75, 3.05) is 7.11 Å². The Morgan fingerprint density at radius 2 is 1.68 bits per heavy atom. The molecule has 6 heteroatoms. The van der Waals surface area contributed by atoms with Gasteiger partial charge in [0.2, 0.25) is 5.91 Å². The summed E-state index contributed by atoms with van der Waals surface area (Å²) >= 11 is 3.49. The maximum Gasteiger partial charge on any atom is 0.247 e. The molecule has 1 fully saturated rings. The summed E-state index contributed by atoms with van der Waals surface area (Å²) in [4.78, 5) is 13.4. The first-order valence-electron chi connectivity index (χ1n) is 12.2. The Labute approximate surface area is 210 Å². The SMILES string of the molecule is COc1ccc(C2=NN(Cc3ccc(CBr)cc3)C(=O)[C@@H]3CC=CC[C@H]23)cc1OC1CCCC1. The molecule has 3 aliphatic rings. The van der Waals surface area contributed by atoms with Crippen molar-refractivity contribution < 1.29 is 14.3 Å². The highest BCUT2D eigenvalue weighted by molar-refractivity contribution is 9.08. The first-order valence-corrected chi connectivity index (χ1v) is 13.3. The number of carbonyl (C=O) groups excluding carboxylic acids is 1. The number of rotatable bonds is 7. The number of hydrogen-bond donors (Lipinski definition) is 0. The van der Waals surface area contributed by atoms with Crippen molar-refractivity contribution in [2.24, 2.45) is 16.9 Å². The van der Waals surface area contributed by atoms with Gasteiger partial charge in [-0.1, -0.05) is 52.3 Å². The van der Waals surface area contributed by atoms with Crippen LogP contribution in [0, 0.1) is 11.8 Å². The van der Waals surface area contributed by atoms with Crippen LogP contribution in [0.3, 0.4) is 0 Å². The van der Waals surface area contributed by atoms with Crippen LogP contribution in [-0.2, 0) is 16.7 Å². The molecule has 0 bridgehead atoms. The highest BCUT2D eigenvalue weighted by Gasteiger charge is 2.40. The topological polar surface area (TPSA) is 51.1 Å². The van der Waals surface area contributed by atoms with Crippen LogP contribution in [0.15, 0.2) is 59.7 Å². The van der Waals surface area contributed by atoms with Crippen LogP contribution in [0.1, 0.15) is 55.2 Å². The van der Waals surface area contributed by atoms with E-state index >= 15 is 0 Å². The number of benzene rings is 2. The summed E-state index contributed by atoms with van der Waals surface area (Å²) < 4.78 is 11.9. The van der Waals surface area contributed by atoms with E-state index in [4.69, 9.17) is 14.6 Å². The smallest absolute Gasteiger partial charge is 0.247 e. The lowest BCUT2D eigenvalue weighted by Gasteiger charge is -2.37. The third-order valence-corrected chi connectivity index (χ3v) is 7.80. The molecule has 0 spiro atoms.